The van der Waals surface area contributed by atoms with Gasteiger partial charge in [-0.25, -0.2) is 4.39 Å². The second-order valence-electron chi connectivity index (χ2n) is 6.59. The maximum Gasteiger partial charge on any atom is 0.387 e. The Balaban J connectivity index is 1.78. The average molecular weight is 392 g/mol. The molecule has 8 heteroatoms. The van der Waals surface area contributed by atoms with E-state index in [1.165, 1.54) is 29.2 Å². The predicted octanol–water partition coefficient (Wildman–Crippen LogP) is 4.42. The van der Waals surface area contributed by atoms with E-state index < -0.39 is 18.3 Å². The summed E-state index contributed by atoms with van der Waals surface area (Å²) < 4.78 is 43.8. The summed E-state index contributed by atoms with van der Waals surface area (Å²) in [7, 11) is 0. The zero-order valence-corrected chi connectivity index (χ0v) is 15.4. The number of anilines is 2. The Morgan fingerprint density at radius 2 is 1.86 bits per heavy atom. The summed E-state index contributed by atoms with van der Waals surface area (Å²) in [4.78, 5) is 25.6. The number of nitrogens with zero attached hydrogens (tertiary/aromatic N) is 1. The van der Waals surface area contributed by atoms with E-state index in [0.717, 1.165) is 6.07 Å². The van der Waals surface area contributed by atoms with Gasteiger partial charge < -0.3 is 15.0 Å². The van der Waals surface area contributed by atoms with Crippen LogP contribution in [0.25, 0.3) is 0 Å². The highest BCUT2D eigenvalue weighted by atomic mass is 19.3. The molecular formula is C20H19F3N2O3. The number of carbonyl (C=O) groups excluding carboxylic acids is 2. The van der Waals surface area contributed by atoms with E-state index in [2.05, 4.69) is 10.1 Å². The van der Waals surface area contributed by atoms with Crippen LogP contribution in [-0.4, -0.2) is 25.0 Å². The molecule has 0 bridgehead atoms. The van der Waals surface area contributed by atoms with E-state index in [0.29, 0.717) is 30.5 Å². The molecule has 1 aliphatic rings. The third-order valence-corrected chi connectivity index (χ3v) is 4.50. The zero-order chi connectivity index (χ0) is 20.4. The minimum atomic E-state index is -2.96. The Morgan fingerprint density at radius 3 is 2.39 bits per heavy atom. The number of ether oxygens (including phenoxy) is 1. The van der Waals surface area contributed by atoms with E-state index in [1.54, 1.807) is 13.8 Å². The van der Waals surface area contributed by atoms with Crippen LogP contribution in [0.3, 0.4) is 0 Å². The quantitative estimate of drug-likeness (QED) is 0.819. The van der Waals surface area contributed by atoms with Crippen LogP contribution in [0.1, 0.15) is 34.3 Å². The van der Waals surface area contributed by atoms with Crippen molar-refractivity contribution in [3.8, 4) is 5.75 Å². The maximum atomic E-state index is 14.4. The topological polar surface area (TPSA) is 58.6 Å². The number of carbonyl (C=O) groups is 2. The van der Waals surface area contributed by atoms with E-state index in [1.807, 2.05) is 0 Å². The fourth-order valence-corrected chi connectivity index (χ4v) is 3.27. The number of hydrogen-bond acceptors (Lipinski definition) is 3. The molecule has 1 fully saturated rings. The molecule has 1 heterocycles. The Bertz CT molecular complexity index is 908. The number of benzene rings is 2. The maximum absolute atomic E-state index is 14.4. The molecule has 2 aromatic rings. The van der Waals surface area contributed by atoms with Crippen molar-refractivity contribution in [2.45, 2.75) is 33.3 Å². The molecule has 0 aliphatic carbocycles. The Morgan fingerprint density at radius 1 is 1.18 bits per heavy atom. The number of alkyl halides is 2. The highest BCUT2D eigenvalue weighted by Gasteiger charge is 2.24. The number of rotatable bonds is 5. The molecule has 1 aliphatic heterocycles. The Hall–Kier alpha value is -3.03. The molecule has 0 atom stereocenters. The first-order chi connectivity index (χ1) is 13.3. The van der Waals surface area contributed by atoms with Gasteiger partial charge in [0.05, 0.1) is 5.69 Å². The molecular weight excluding hydrogens is 373 g/mol. The van der Waals surface area contributed by atoms with E-state index >= 15 is 0 Å². The van der Waals surface area contributed by atoms with Gasteiger partial charge in [0.25, 0.3) is 5.91 Å². The van der Waals surface area contributed by atoms with Gasteiger partial charge in [-0.3, -0.25) is 9.59 Å². The second kappa shape index (κ2) is 7.92. The molecule has 2 amide bonds. The third kappa shape index (κ3) is 4.11. The molecule has 0 saturated carbocycles. The normalized spacial score (nSPS) is 13.9. The lowest BCUT2D eigenvalue weighted by Crippen LogP contribution is -2.24. The van der Waals surface area contributed by atoms with Gasteiger partial charge in [-0.2, -0.15) is 8.78 Å². The molecule has 3 rings (SSSR count). The van der Waals surface area contributed by atoms with Crippen molar-refractivity contribution in [2.24, 2.45) is 0 Å². The predicted molar refractivity (Wildman–Crippen MR) is 98.5 cm³/mol. The number of hydrogen-bond donors (Lipinski definition) is 1. The van der Waals surface area contributed by atoms with Crippen molar-refractivity contribution in [3.05, 3.63) is 52.8 Å². The summed E-state index contributed by atoms with van der Waals surface area (Å²) in [5, 5.41) is 2.57. The highest BCUT2D eigenvalue weighted by molar-refractivity contribution is 6.05. The van der Waals surface area contributed by atoms with Crippen LogP contribution in [0, 0.1) is 19.7 Å². The van der Waals surface area contributed by atoms with Crippen LogP contribution in [0.4, 0.5) is 24.5 Å². The van der Waals surface area contributed by atoms with Crippen molar-refractivity contribution in [1.29, 1.82) is 0 Å². The molecule has 0 spiro atoms. The molecule has 0 aromatic heterocycles. The second-order valence-corrected chi connectivity index (χ2v) is 6.59. The summed E-state index contributed by atoms with van der Waals surface area (Å²) in [6.45, 7) is 0.625. The number of nitrogens with one attached hydrogen (secondary N) is 1. The van der Waals surface area contributed by atoms with E-state index in [9.17, 15) is 22.8 Å². The summed E-state index contributed by atoms with van der Waals surface area (Å²) in [5.41, 5.74) is 1.41. The zero-order valence-electron chi connectivity index (χ0n) is 15.4. The van der Waals surface area contributed by atoms with Gasteiger partial charge in [-0.15, -0.1) is 0 Å². The minimum Gasteiger partial charge on any atom is -0.434 e. The SMILES string of the molecule is Cc1cc(C(=O)Nc2ccc(N3CCCC3=O)c(F)c2)cc(C)c1OC(F)F. The third-order valence-electron chi connectivity index (χ3n) is 4.50. The fraction of sp³-hybridized carbons (Fsp3) is 0.300. The highest BCUT2D eigenvalue weighted by Crippen LogP contribution is 2.29. The Labute approximate surface area is 160 Å². The van der Waals surface area contributed by atoms with Crippen LogP contribution in [0.2, 0.25) is 0 Å². The average Bonchev–Trinajstić information content (AvgIpc) is 3.03. The molecule has 5 nitrogen and oxygen atoms in total. The molecule has 2 aromatic carbocycles. The summed E-state index contributed by atoms with van der Waals surface area (Å²) in [6, 6.07) is 6.95. The molecule has 0 unspecified atom stereocenters. The lowest BCUT2D eigenvalue weighted by Gasteiger charge is -2.17. The molecule has 1 saturated heterocycles. The van der Waals surface area contributed by atoms with E-state index in [4.69, 9.17) is 0 Å². The van der Waals surface area contributed by atoms with Gasteiger partial charge in [0.1, 0.15) is 11.6 Å². The largest absolute Gasteiger partial charge is 0.434 e. The van der Waals surface area contributed by atoms with Crippen LogP contribution >= 0.6 is 0 Å². The Kier molecular flexibility index (Phi) is 5.58. The van der Waals surface area contributed by atoms with Crippen LogP contribution in [0.15, 0.2) is 30.3 Å². The summed E-state index contributed by atoms with van der Waals surface area (Å²) in [6.07, 6.45) is 1.07. The van der Waals surface area contributed by atoms with Crippen molar-refractivity contribution in [3.63, 3.8) is 0 Å². The van der Waals surface area contributed by atoms with Gasteiger partial charge in [-0.1, -0.05) is 0 Å². The first-order valence-corrected chi connectivity index (χ1v) is 8.73. The molecule has 0 radical (unpaired) electrons. The van der Waals surface area contributed by atoms with Crippen LogP contribution in [0.5, 0.6) is 5.75 Å². The lowest BCUT2D eigenvalue weighted by molar-refractivity contribution is -0.117. The van der Waals surface area contributed by atoms with Crippen LogP contribution in [-0.2, 0) is 4.79 Å². The van der Waals surface area contributed by atoms with Crippen LogP contribution < -0.4 is 15.0 Å². The molecule has 1 N–H and O–H groups in total. The van der Waals surface area contributed by atoms with E-state index in [-0.39, 0.29) is 28.6 Å². The van der Waals surface area contributed by atoms with Crippen molar-refractivity contribution in [1.82, 2.24) is 0 Å². The summed E-state index contributed by atoms with van der Waals surface area (Å²) >= 11 is 0. The van der Waals surface area contributed by atoms with Crippen molar-refractivity contribution >= 4 is 23.2 Å². The van der Waals surface area contributed by atoms with Crippen molar-refractivity contribution < 1.29 is 27.5 Å². The lowest BCUT2D eigenvalue weighted by atomic mass is 10.0. The van der Waals surface area contributed by atoms with Gasteiger partial charge in [0, 0.05) is 24.2 Å². The standard InChI is InChI=1S/C20H19F3N2O3/c1-11-8-13(9-12(2)18(11)28-20(22)23)19(27)24-14-5-6-16(15(21)10-14)25-7-3-4-17(25)26/h5-6,8-10,20H,3-4,7H2,1-2H3,(H,24,27). The number of halogens is 3. The van der Waals surface area contributed by atoms with Gasteiger partial charge in [0.2, 0.25) is 5.91 Å². The summed E-state index contributed by atoms with van der Waals surface area (Å²) in [5.74, 6) is -1.23. The van der Waals surface area contributed by atoms with Gasteiger partial charge in [0.15, 0.2) is 0 Å². The smallest absolute Gasteiger partial charge is 0.387 e. The fourth-order valence-electron chi connectivity index (χ4n) is 3.27. The molecule has 148 valence electrons. The first-order valence-electron chi connectivity index (χ1n) is 8.73. The van der Waals surface area contributed by atoms with Gasteiger partial charge >= 0.3 is 6.61 Å². The number of amides is 2. The molecule has 28 heavy (non-hydrogen) atoms. The minimum absolute atomic E-state index is 0.0252. The number of aryl methyl sites for hydroxylation is 2. The van der Waals surface area contributed by atoms with Crippen molar-refractivity contribution in [2.75, 3.05) is 16.8 Å². The monoisotopic (exact) mass is 392 g/mol. The first kappa shape index (κ1) is 19.7. The van der Waals surface area contributed by atoms with Gasteiger partial charge in [-0.05, 0) is 61.7 Å².